The van der Waals surface area contributed by atoms with Gasteiger partial charge in [-0.15, -0.1) is 0 Å². The Bertz CT molecular complexity index is 496. The first-order valence-electron chi connectivity index (χ1n) is 6.92. The molecule has 1 aromatic rings. The van der Waals surface area contributed by atoms with Crippen LogP contribution in [0.2, 0.25) is 0 Å². The molecule has 1 atom stereocenters. The minimum atomic E-state index is 0.274. The van der Waals surface area contributed by atoms with Crippen LogP contribution in [0.3, 0.4) is 0 Å². The molecule has 5 heteroatoms. The normalized spacial score (nSPS) is 18.9. The van der Waals surface area contributed by atoms with Crippen LogP contribution < -0.4 is 10.7 Å². The first-order chi connectivity index (χ1) is 9.66. The van der Waals surface area contributed by atoms with Gasteiger partial charge in [0.1, 0.15) is 0 Å². The number of hydrogen-bond donors (Lipinski definition) is 2. The summed E-state index contributed by atoms with van der Waals surface area (Å²) in [5.41, 5.74) is 6.13. The summed E-state index contributed by atoms with van der Waals surface area (Å²) in [4.78, 5) is 0. The largest absolute Gasteiger partial charge is 0.376 e. The number of benzene rings is 1. The van der Waals surface area contributed by atoms with Crippen molar-refractivity contribution in [2.45, 2.75) is 32.8 Å². The molecule has 0 bridgehead atoms. The van der Waals surface area contributed by atoms with Gasteiger partial charge in [0, 0.05) is 18.7 Å². The van der Waals surface area contributed by atoms with Crippen molar-refractivity contribution in [3.8, 4) is 0 Å². The smallest absolute Gasteiger partial charge is 0.187 e. The lowest BCUT2D eigenvalue weighted by molar-refractivity contribution is 0.114. The molecule has 0 amide bonds. The van der Waals surface area contributed by atoms with Crippen LogP contribution in [0.5, 0.6) is 0 Å². The Morgan fingerprint density at radius 1 is 1.45 bits per heavy atom. The van der Waals surface area contributed by atoms with Crippen molar-refractivity contribution in [3.63, 3.8) is 0 Å². The van der Waals surface area contributed by atoms with Gasteiger partial charge < -0.3 is 10.1 Å². The fourth-order valence-electron chi connectivity index (χ4n) is 2.23. The molecule has 0 saturated carbocycles. The molecular formula is C15H21N3OS. The summed E-state index contributed by atoms with van der Waals surface area (Å²) in [6.07, 6.45) is 2.51. The zero-order chi connectivity index (χ0) is 14.4. The van der Waals surface area contributed by atoms with E-state index in [2.05, 4.69) is 34.9 Å². The lowest BCUT2D eigenvalue weighted by atomic mass is 10.1. The molecule has 1 aromatic carbocycles. The molecule has 1 saturated heterocycles. The Hall–Kier alpha value is -1.46. The van der Waals surface area contributed by atoms with Crippen LogP contribution in [0.15, 0.2) is 29.4 Å². The monoisotopic (exact) mass is 291 g/mol. The second-order valence-corrected chi connectivity index (χ2v) is 5.38. The average Bonchev–Trinajstić information content (AvgIpc) is 2.96. The van der Waals surface area contributed by atoms with Crippen LogP contribution >= 0.6 is 12.2 Å². The van der Waals surface area contributed by atoms with Crippen molar-refractivity contribution in [2.75, 3.05) is 13.2 Å². The molecule has 1 aliphatic rings. The number of hydrazone groups is 1. The second kappa shape index (κ2) is 7.36. The van der Waals surface area contributed by atoms with Crippen molar-refractivity contribution in [3.05, 3.63) is 35.4 Å². The van der Waals surface area contributed by atoms with Crippen LogP contribution in [0.4, 0.5) is 0 Å². The van der Waals surface area contributed by atoms with Gasteiger partial charge in [-0.1, -0.05) is 24.3 Å². The van der Waals surface area contributed by atoms with E-state index in [4.69, 9.17) is 17.0 Å². The third kappa shape index (κ3) is 4.28. The number of aryl methyl sites for hydroxylation is 1. The van der Waals surface area contributed by atoms with E-state index in [0.717, 1.165) is 37.3 Å². The molecule has 0 radical (unpaired) electrons. The standard InChI is InChI=1S/C15H21N3OS/c1-11-6-3-4-8-14(11)12(2)17-18-15(20)16-10-13-7-5-9-19-13/h3-4,6,8,13H,5,7,9-10H2,1-2H3,(H2,16,18,20)/b17-12-/t13-/m0/s1. The van der Waals surface area contributed by atoms with Crippen LogP contribution in [0.25, 0.3) is 0 Å². The molecule has 0 unspecified atom stereocenters. The van der Waals surface area contributed by atoms with Gasteiger partial charge in [-0.05, 0) is 44.5 Å². The second-order valence-electron chi connectivity index (χ2n) is 4.97. The Morgan fingerprint density at radius 2 is 2.25 bits per heavy atom. The minimum absolute atomic E-state index is 0.274. The quantitative estimate of drug-likeness (QED) is 0.508. The zero-order valence-electron chi connectivity index (χ0n) is 12.0. The van der Waals surface area contributed by atoms with Gasteiger partial charge in [-0.3, -0.25) is 5.43 Å². The zero-order valence-corrected chi connectivity index (χ0v) is 12.8. The molecular weight excluding hydrogens is 270 g/mol. The highest BCUT2D eigenvalue weighted by Crippen LogP contribution is 2.10. The molecule has 4 nitrogen and oxygen atoms in total. The van der Waals surface area contributed by atoms with E-state index in [1.165, 1.54) is 5.56 Å². The van der Waals surface area contributed by atoms with Gasteiger partial charge in [-0.2, -0.15) is 5.10 Å². The summed E-state index contributed by atoms with van der Waals surface area (Å²) < 4.78 is 5.53. The number of nitrogens with zero attached hydrogens (tertiary/aromatic N) is 1. The van der Waals surface area contributed by atoms with Gasteiger partial charge in [0.2, 0.25) is 0 Å². The van der Waals surface area contributed by atoms with Gasteiger partial charge in [-0.25, -0.2) is 0 Å². The summed E-state index contributed by atoms with van der Waals surface area (Å²) in [5, 5.41) is 7.99. The van der Waals surface area contributed by atoms with E-state index in [-0.39, 0.29) is 6.10 Å². The highest BCUT2D eigenvalue weighted by Gasteiger charge is 2.15. The summed E-state index contributed by atoms with van der Waals surface area (Å²) in [6.45, 7) is 5.64. The Morgan fingerprint density at radius 3 is 2.95 bits per heavy atom. The third-order valence-electron chi connectivity index (χ3n) is 3.37. The Labute approximate surface area is 125 Å². The number of rotatable bonds is 4. The molecule has 20 heavy (non-hydrogen) atoms. The molecule has 1 fully saturated rings. The maximum Gasteiger partial charge on any atom is 0.187 e. The summed E-state index contributed by atoms with van der Waals surface area (Å²) in [7, 11) is 0. The maximum absolute atomic E-state index is 5.53. The first-order valence-corrected chi connectivity index (χ1v) is 7.33. The molecule has 0 aromatic heterocycles. The fourth-order valence-corrected chi connectivity index (χ4v) is 2.35. The van der Waals surface area contributed by atoms with Crippen molar-refractivity contribution >= 4 is 23.0 Å². The van der Waals surface area contributed by atoms with Crippen molar-refractivity contribution in [1.29, 1.82) is 0 Å². The number of thiocarbonyl (C=S) groups is 1. The number of nitrogens with one attached hydrogen (secondary N) is 2. The summed E-state index contributed by atoms with van der Waals surface area (Å²) in [5.74, 6) is 0. The van der Waals surface area contributed by atoms with Gasteiger partial charge >= 0.3 is 0 Å². The predicted molar refractivity (Wildman–Crippen MR) is 86.1 cm³/mol. The van der Waals surface area contributed by atoms with E-state index < -0.39 is 0 Å². The average molecular weight is 291 g/mol. The van der Waals surface area contributed by atoms with E-state index in [1.54, 1.807) is 0 Å². The van der Waals surface area contributed by atoms with Crippen LogP contribution in [0.1, 0.15) is 30.9 Å². The lowest BCUT2D eigenvalue weighted by Crippen LogP contribution is -2.37. The molecule has 2 rings (SSSR count). The third-order valence-corrected chi connectivity index (χ3v) is 3.61. The maximum atomic E-state index is 5.53. The van der Waals surface area contributed by atoms with E-state index in [9.17, 15) is 0 Å². The summed E-state index contributed by atoms with van der Waals surface area (Å²) >= 11 is 5.20. The van der Waals surface area contributed by atoms with Crippen molar-refractivity contribution in [1.82, 2.24) is 10.7 Å². The van der Waals surface area contributed by atoms with Gasteiger partial charge in [0.15, 0.2) is 5.11 Å². The van der Waals surface area contributed by atoms with E-state index >= 15 is 0 Å². The molecule has 0 spiro atoms. The van der Waals surface area contributed by atoms with Crippen molar-refractivity contribution < 1.29 is 4.74 Å². The van der Waals surface area contributed by atoms with E-state index in [0.29, 0.717) is 5.11 Å². The summed E-state index contributed by atoms with van der Waals surface area (Å²) in [6, 6.07) is 8.16. The van der Waals surface area contributed by atoms with Gasteiger partial charge in [0.05, 0.1) is 11.8 Å². The molecule has 1 aliphatic heterocycles. The molecule has 2 N–H and O–H groups in total. The Kier molecular flexibility index (Phi) is 5.49. The number of hydrogen-bond acceptors (Lipinski definition) is 3. The van der Waals surface area contributed by atoms with Crippen LogP contribution in [-0.2, 0) is 4.74 Å². The van der Waals surface area contributed by atoms with E-state index in [1.807, 2.05) is 19.1 Å². The van der Waals surface area contributed by atoms with Crippen molar-refractivity contribution in [2.24, 2.45) is 5.10 Å². The van der Waals surface area contributed by atoms with Crippen LogP contribution in [0, 0.1) is 6.92 Å². The topological polar surface area (TPSA) is 45.7 Å². The number of ether oxygens (including phenoxy) is 1. The SMILES string of the molecule is C/C(=N/NC(=S)NC[C@@H]1CCCO1)c1ccccc1C. The Balaban J connectivity index is 1.82. The van der Waals surface area contributed by atoms with Gasteiger partial charge in [0.25, 0.3) is 0 Å². The minimum Gasteiger partial charge on any atom is -0.376 e. The molecule has 0 aliphatic carbocycles. The highest BCUT2D eigenvalue weighted by atomic mass is 32.1. The van der Waals surface area contributed by atoms with Crippen LogP contribution in [-0.4, -0.2) is 30.1 Å². The molecule has 108 valence electrons. The first kappa shape index (κ1) is 14.9. The molecule has 1 heterocycles. The fraction of sp³-hybridized carbons (Fsp3) is 0.467. The predicted octanol–water partition coefficient (Wildman–Crippen LogP) is 2.36. The highest BCUT2D eigenvalue weighted by molar-refractivity contribution is 7.80. The lowest BCUT2D eigenvalue weighted by Gasteiger charge is -2.12.